The average Bonchev–Trinajstić information content (AvgIpc) is 3.16. The van der Waals surface area contributed by atoms with Crippen LogP contribution in [0.3, 0.4) is 0 Å². The van der Waals surface area contributed by atoms with Gasteiger partial charge in [-0.15, -0.1) is 0 Å². The zero-order valence-corrected chi connectivity index (χ0v) is 14.6. The van der Waals surface area contributed by atoms with Crippen LogP contribution in [0, 0.1) is 17.2 Å². The monoisotopic (exact) mass is 348 g/mol. The summed E-state index contributed by atoms with van der Waals surface area (Å²) in [6.07, 6.45) is 9.21. The summed E-state index contributed by atoms with van der Waals surface area (Å²) in [5.74, 6) is -0.0567. The topological polar surface area (TPSA) is 88.9 Å². The van der Waals surface area contributed by atoms with Gasteiger partial charge in [0.25, 0.3) is 0 Å². The van der Waals surface area contributed by atoms with E-state index in [1.165, 1.54) is 4.90 Å². The lowest BCUT2D eigenvalue weighted by Gasteiger charge is -2.35. The van der Waals surface area contributed by atoms with Crippen molar-refractivity contribution in [1.82, 2.24) is 19.9 Å². The van der Waals surface area contributed by atoms with Crippen LogP contribution in [-0.4, -0.2) is 52.4 Å². The highest BCUT2D eigenvalue weighted by molar-refractivity contribution is 6.11. The Morgan fingerprint density at radius 1 is 1.46 bits per heavy atom. The summed E-state index contributed by atoms with van der Waals surface area (Å²) >= 11 is 0. The van der Waals surface area contributed by atoms with E-state index in [1.807, 2.05) is 36.9 Å². The number of aromatic nitrogens is 3. The van der Waals surface area contributed by atoms with Crippen LogP contribution in [0.15, 0.2) is 30.9 Å². The van der Waals surface area contributed by atoms with E-state index in [0.29, 0.717) is 6.54 Å². The Labute approximate surface area is 151 Å². The number of H-pyrrole nitrogens is 1. The van der Waals surface area contributed by atoms with E-state index in [0.717, 1.165) is 46.9 Å². The molecule has 1 aliphatic rings. The first kappa shape index (κ1) is 16.3. The molecule has 0 bridgehead atoms. The molecule has 1 N–H and O–H groups in total. The van der Waals surface area contributed by atoms with Crippen molar-refractivity contribution in [3.05, 3.63) is 30.9 Å². The predicted octanol–water partition coefficient (Wildman–Crippen LogP) is 2.31. The molecule has 1 amide bonds. The number of piperidine rings is 1. The third-order valence-electron chi connectivity index (χ3n) is 5.08. The molecule has 7 heteroatoms. The van der Waals surface area contributed by atoms with Gasteiger partial charge in [-0.3, -0.25) is 9.78 Å². The molecule has 4 heterocycles. The molecule has 1 saturated heterocycles. The van der Waals surface area contributed by atoms with Gasteiger partial charge in [-0.2, -0.15) is 5.26 Å². The lowest BCUT2D eigenvalue weighted by atomic mass is 9.95. The number of carbonyl (C=O) groups is 1. The van der Waals surface area contributed by atoms with Crippen LogP contribution in [0.5, 0.6) is 0 Å². The molecular formula is C19H20N6O. The van der Waals surface area contributed by atoms with Gasteiger partial charge in [-0.05, 0) is 18.9 Å². The fourth-order valence-electron chi connectivity index (χ4n) is 3.79. The van der Waals surface area contributed by atoms with Gasteiger partial charge in [0.15, 0.2) is 0 Å². The van der Waals surface area contributed by atoms with Crippen LogP contribution in [0.2, 0.25) is 0 Å². The van der Waals surface area contributed by atoms with Crippen LogP contribution >= 0.6 is 0 Å². The fraction of sp³-hybridized carbons (Fsp3) is 0.368. The minimum Gasteiger partial charge on any atom is -0.369 e. The first-order chi connectivity index (χ1) is 12.7. The van der Waals surface area contributed by atoms with E-state index >= 15 is 0 Å². The van der Waals surface area contributed by atoms with Crippen molar-refractivity contribution in [2.45, 2.75) is 12.8 Å². The van der Waals surface area contributed by atoms with Gasteiger partial charge in [-0.25, -0.2) is 4.98 Å². The summed E-state index contributed by atoms with van der Waals surface area (Å²) in [6.45, 7) is 1.66. The number of hydrogen-bond donors (Lipinski definition) is 1. The highest BCUT2D eigenvalue weighted by Crippen LogP contribution is 2.33. The van der Waals surface area contributed by atoms with Crippen molar-refractivity contribution in [3.8, 4) is 6.07 Å². The zero-order valence-electron chi connectivity index (χ0n) is 14.6. The molecule has 3 aromatic rings. The van der Waals surface area contributed by atoms with Crippen molar-refractivity contribution in [2.24, 2.45) is 5.92 Å². The first-order valence-corrected chi connectivity index (χ1v) is 8.75. The van der Waals surface area contributed by atoms with Crippen LogP contribution < -0.4 is 4.90 Å². The molecule has 3 aromatic heterocycles. The van der Waals surface area contributed by atoms with Crippen molar-refractivity contribution >= 4 is 33.4 Å². The van der Waals surface area contributed by atoms with Gasteiger partial charge >= 0.3 is 0 Å². The minimum absolute atomic E-state index is 0.0397. The van der Waals surface area contributed by atoms with Crippen molar-refractivity contribution in [2.75, 3.05) is 31.6 Å². The van der Waals surface area contributed by atoms with E-state index in [4.69, 9.17) is 5.26 Å². The molecule has 0 radical (unpaired) electrons. The summed E-state index contributed by atoms with van der Waals surface area (Å²) in [5.41, 5.74) is 1.89. The Balaban J connectivity index is 1.70. The van der Waals surface area contributed by atoms with Crippen LogP contribution in [-0.2, 0) is 4.79 Å². The van der Waals surface area contributed by atoms with E-state index in [2.05, 4.69) is 19.9 Å². The number of hydrogen-bond acceptors (Lipinski definition) is 5. The number of fused-ring (bicyclic) bond motifs is 3. The number of anilines is 1. The molecule has 7 nitrogen and oxygen atoms in total. The number of amides is 1. The largest absolute Gasteiger partial charge is 0.369 e. The summed E-state index contributed by atoms with van der Waals surface area (Å²) in [7, 11) is 1.69. The Kier molecular flexibility index (Phi) is 4.17. The van der Waals surface area contributed by atoms with E-state index in [-0.39, 0.29) is 18.4 Å². The molecule has 0 saturated carbocycles. The molecule has 0 aliphatic carbocycles. The molecule has 1 unspecified atom stereocenters. The number of nitrogens with zero attached hydrogens (tertiary/aromatic N) is 5. The van der Waals surface area contributed by atoms with E-state index < -0.39 is 0 Å². The lowest BCUT2D eigenvalue weighted by Crippen LogP contribution is -2.44. The molecule has 132 valence electrons. The Bertz CT molecular complexity index is 1000. The third kappa shape index (κ3) is 2.73. The molecule has 26 heavy (non-hydrogen) atoms. The lowest BCUT2D eigenvalue weighted by molar-refractivity contribution is -0.133. The second-order valence-electron chi connectivity index (χ2n) is 6.76. The highest BCUT2D eigenvalue weighted by Gasteiger charge is 2.29. The Morgan fingerprint density at radius 2 is 2.35 bits per heavy atom. The van der Waals surface area contributed by atoms with Crippen LogP contribution in [0.1, 0.15) is 12.8 Å². The van der Waals surface area contributed by atoms with E-state index in [9.17, 15) is 4.79 Å². The number of nitrogens with one attached hydrogen (secondary N) is 1. The highest BCUT2D eigenvalue weighted by atomic mass is 16.2. The zero-order chi connectivity index (χ0) is 18.1. The molecule has 1 fully saturated rings. The number of pyridine rings is 2. The van der Waals surface area contributed by atoms with Crippen molar-refractivity contribution in [3.63, 3.8) is 0 Å². The van der Waals surface area contributed by atoms with Crippen LogP contribution in [0.25, 0.3) is 21.8 Å². The Morgan fingerprint density at radius 3 is 3.19 bits per heavy atom. The first-order valence-electron chi connectivity index (χ1n) is 8.75. The number of carbonyl (C=O) groups excluding carboxylic acids is 1. The molecule has 1 atom stereocenters. The second kappa shape index (κ2) is 6.64. The number of aromatic amines is 1. The smallest absolute Gasteiger partial charge is 0.228 e. The number of rotatable bonds is 3. The third-order valence-corrected chi connectivity index (χ3v) is 5.08. The molecule has 1 aliphatic heterocycles. The summed E-state index contributed by atoms with van der Waals surface area (Å²) < 4.78 is 0. The van der Waals surface area contributed by atoms with Gasteiger partial charge in [0.1, 0.15) is 12.2 Å². The molecule has 0 spiro atoms. The normalized spacial score (nSPS) is 17.4. The van der Waals surface area contributed by atoms with Crippen LogP contribution in [0.4, 0.5) is 5.69 Å². The fourth-order valence-corrected chi connectivity index (χ4v) is 3.79. The van der Waals surface area contributed by atoms with Crippen molar-refractivity contribution in [1.29, 1.82) is 5.26 Å². The summed E-state index contributed by atoms with van der Waals surface area (Å²) in [5, 5.41) is 12.0. The SMILES string of the molecule is CN(CC#N)C(=O)C1CCCN(c2cncc3cnc4[nH]ccc4c23)C1. The van der Waals surface area contributed by atoms with Gasteiger partial charge < -0.3 is 14.8 Å². The standard InChI is InChI=1S/C19H20N6O/c1-24(8-5-20)19(26)13-3-2-7-25(12-13)16-11-21-9-14-10-23-18-15(17(14)16)4-6-22-18/h4,6,9-11,13H,2-3,7-8,12H2,1H3,(H,22,23). The van der Waals surface area contributed by atoms with Gasteiger partial charge in [-0.1, -0.05) is 0 Å². The Hall–Kier alpha value is -3.14. The maximum Gasteiger partial charge on any atom is 0.228 e. The summed E-state index contributed by atoms with van der Waals surface area (Å²) in [6, 6.07) is 4.07. The summed E-state index contributed by atoms with van der Waals surface area (Å²) in [4.78, 5) is 28.4. The van der Waals surface area contributed by atoms with E-state index in [1.54, 1.807) is 7.05 Å². The second-order valence-corrected chi connectivity index (χ2v) is 6.76. The predicted molar refractivity (Wildman–Crippen MR) is 99.6 cm³/mol. The molecule has 4 rings (SSSR count). The molecular weight excluding hydrogens is 328 g/mol. The molecule has 0 aromatic carbocycles. The van der Waals surface area contributed by atoms with Gasteiger partial charge in [0.05, 0.1) is 23.9 Å². The minimum atomic E-state index is -0.0964. The quantitative estimate of drug-likeness (QED) is 0.734. The van der Waals surface area contributed by atoms with Gasteiger partial charge in [0, 0.05) is 54.9 Å². The van der Waals surface area contributed by atoms with Gasteiger partial charge in [0.2, 0.25) is 5.91 Å². The maximum absolute atomic E-state index is 12.6. The number of nitriles is 1. The average molecular weight is 348 g/mol. The van der Waals surface area contributed by atoms with Crippen molar-refractivity contribution < 1.29 is 4.79 Å². The maximum atomic E-state index is 12.6.